The summed E-state index contributed by atoms with van der Waals surface area (Å²) in [6.45, 7) is 2.28. The second-order valence-corrected chi connectivity index (χ2v) is 3.92. The topological polar surface area (TPSA) is 22.0 Å². The molecular weight excluding hydrogens is 210 g/mol. The molecule has 0 aliphatic heterocycles. The molecule has 0 unspecified atom stereocenters. The van der Waals surface area contributed by atoms with Crippen LogP contribution in [0.1, 0.15) is 13.3 Å². The van der Waals surface area contributed by atoms with Gasteiger partial charge in [0.05, 0.1) is 11.6 Å². The summed E-state index contributed by atoms with van der Waals surface area (Å²) in [5, 5.41) is 1.71. The Kier molecular flexibility index (Phi) is 2.78. The first-order chi connectivity index (χ1) is 7.22. The van der Waals surface area contributed by atoms with E-state index in [1.165, 1.54) is 0 Å². The number of Topliss-reactive ketones (excluding diaryl/α,β-unsaturated/α-hetero) is 1. The van der Waals surface area contributed by atoms with E-state index >= 15 is 0 Å². The molecule has 2 aromatic rings. The van der Waals surface area contributed by atoms with Crippen LogP contribution in [0.2, 0.25) is 5.02 Å². The maximum Gasteiger partial charge on any atom is 0.152 e. The Morgan fingerprint density at radius 1 is 1.40 bits per heavy atom. The first kappa shape index (κ1) is 10.2. The second-order valence-electron chi connectivity index (χ2n) is 3.51. The Morgan fingerprint density at radius 2 is 2.13 bits per heavy atom. The van der Waals surface area contributed by atoms with E-state index in [-0.39, 0.29) is 5.78 Å². The van der Waals surface area contributed by atoms with Gasteiger partial charge in [0.15, 0.2) is 5.78 Å². The van der Waals surface area contributed by atoms with Gasteiger partial charge in [0, 0.05) is 23.5 Å². The van der Waals surface area contributed by atoms with E-state index in [1.54, 1.807) is 0 Å². The summed E-state index contributed by atoms with van der Waals surface area (Å²) in [5.74, 6) is 0.215. The SMILES string of the molecule is CCC(=O)Cn1cc(Cl)c2ccccc21. The van der Waals surface area contributed by atoms with Gasteiger partial charge in [-0.15, -0.1) is 0 Å². The minimum atomic E-state index is 0.215. The normalized spacial score (nSPS) is 10.8. The molecule has 3 heteroatoms. The number of carbonyl (C=O) groups excluding carboxylic acids is 1. The van der Waals surface area contributed by atoms with Crippen molar-refractivity contribution in [2.24, 2.45) is 0 Å². The van der Waals surface area contributed by atoms with Gasteiger partial charge in [-0.05, 0) is 6.07 Å². The van der Waals surface area contributed by atoms with Crippen LogP contribution in [0.15, 0.2) is 30.5 Å². The molecule has 1 aromatic heterocycles. The molecule has 0 N–H and O–H groups in total. The summed E-state index contributed by atoms with van der Waals surface area (Å²) in [5.41, 5.74) is 1.02. The molecule has 15 heavy (non-hydrogen) atoms. The van der Waals surface area contributed by atoms with Crippen LogP contribution in [0.25, 0.3) is 10.9 Å². The number of hydrogen-bond acceptors (Lipinski definition) is 1. The fourth-order valence-corrected chi connectivity index (χ4v) is 1.91. The lowest BCUT2D eigenvalue weighted by Gasteiger charge is -2.02. The van der Waals surface area contributed by atoms with Gasteiger partial charge in [0.25, 0.3) is 0 Å². The van der Waals surface area contributed by atoms with Crippen LogP contribution in [0, 0.1) is 0 Å². The van der Waals surface area contributed by atoms with Gasteiger partial charge >= 0.3 is 0 Å². The first-order valence-corrected chi connectivity index (χ1v) is 5.35. The Labute approximate surface area is 93.5 Å². The van der Waals surface area contributed by atoms with E-state index in [0.29, 0.717) is 18.0 Å². The third kappa shape index (κ3) is 1.90. The molecular formula is C12H12ClNO. The molecule has 0 atom stereocenters. The van der Waals surface area contributed by atoms with Gasteiger partial charge in [-0.2, -0.15) is 0 Å². The van der Waals surface area contributed by atoms with Gasteiger partial charge in [-0.25, -0.2) is 0 Å². The molecule has 0 amide bonds. The Balaban J connectivity index is 2.48. The van der Waals surface area contributed by atoms with E-state index < -0.39 is 0 Å². The maximum atomic E-state index is 11.4. The molecule has 0 radical (unpaired) electrons. The highest BCUT2D eigenvalue weighted by Crippen LogP contribution is 2.25. The quantitative estimate of drug-likeness (QED) is 0.780. The molecule has 0 bridgehead atoms. The summed E-state index contributed by atoms with van der Waals surface area (Å²) in [4.78, 5) is 11.4. The number of halogens is 1. The zero-order valence-electron chi connectivity index (χ0n) is 8.53. The van der Waals surface area contributed by atoms with Gasteiger partial charge in [0.1, 0.15) is 0 Å². The summed E-state index contributed by atoms with van der Waals surface area (Å²) < 4.78 is 1.91. The van der Waals surface area contributed by atoms with Crippen molar-refractivity contribution in [3.8, 4) is 0 Å². The number of rotatable bonds is 3. The molecule has 0 aliphatic rings. The number of carbonyl (C=O) groups is 1. The third-order valence-corrected chi connectivity index (χ3v) is 2.78. The fourth-order valence-electron chi connectivity index (χ4n) is 1.63. The van der Waals surface area contributed by atoms with Gasteiger partial charge in [-0.3, -0.25) is 4.79 Å². The van der Waals surface area contributed by atoms with Gasteiger partial charge in [-0.1, -0.05) is 36.7 Å². The summed E-state index contributed by atoms with van der Waals surface area (Å²) in [7, 11) is 0. The lowest BCUT2D eigenvalue weighted by Crippen LogP contribution is -2.07. The number of aromatic nitrogens is 1. The van der Waals surface area contributed by atoms with E-state index in [4.69, 9.17) is 11.6 Å². The van der Waals surface area contributed by atoms with Gasteiger partial charge in [0.2, 0.25) is 0 Å². The number of hydrogen-bond donors (Lipinski definition) is 0. The first-order valence-electron chi connectivity index (χ1n) is 4.97. The molecule has 0 saturated heterocycles. The van der Waals surface area contributed by atoms with Crippen molar-refractivity contribution < 1.29 is 4.79 Å². The van der Waals surface area contributed by atoms with E-state index in [9.17, 15) is 4.79 Å². The number of fused-ring (bicyclic) bond motifs is 1. The lowest BCUT2D eigenvalue weighted by atomic mass is 10.2. The van der Waals surface area contributed by atoms with E-state index in [1.807, 2.05) is 42.0 Å². The number of benzene rings is 1. The zero-order valence-corrected chi connectivity index (χ0v) is 9.29. The van der Waals surface area contributed by atoms with Crippen LogP contribution >= 0.6 is 11.6 Å². The molecule has 1 heterocycles. The van der Waals surface area contributed by atoms with Crippen molar-refractivity contribution in [1.82, 2.24) is 4.57 Å². The second kappa shape index (κ2) is 4.07. The molecule has 0 aliphatic carbocycles. The predicted molar refractivity (Wildman–Crippen MR) is 62.2 cm³/mol. The minimum Gasteiger partial charge on any atom is -0.339 e. The van der Waals surface area contributed by atoms with E-state index in [2.05, 4.69) is 0 Å². The van der Waals surface area contributed by atoms with Crippen LogP contribution in [0.4, 0.5) is 0 Å². The lowest BCUT2D eigenvalue weighted by molar-refractivity contribution is -0.119. The summed E-state index contributed by atoms with van der Waals surface area (Å²) >= 11 is 6.07. The molecule has 0 fully saturated rings. The standard InChI is InChI=1S/C12H12ClNO/c1-2-9(15)7-14-8-11(13)10-5-3-4-6-12(10)14/h3-6,8H,2,7H2,1H3. The third-order valence-electron chi connectivity index (χ3n) is 2.48. The summed E-state index contributed by atoms with van der Waals surface area (Å²) in [6.07, 6.45) is 2.38. The van der Waals surface area contributed by atoms with Crippen molar-refractivity contribution >= 4 is 28.3 Å². The smallest absolute Gasteiger partial charge is 0.152 e. The minimum absolute atomic E-state index is 0.215. The van der Waals surface area contributed by atoms with Crippen molar-refractivity contribution in [3.63, 3.8) is 0 Å². The molecule has 78 valence electrons. The highest BCUT2D eigenvalue weighted by Gasteiger charge is 2.07. The fraction of sp³-hybridized carbons (Fsp3) is 0.250. The number of para-hydroxylation sites is 1. The van der Waals surface area contributed by atoms with Crippen molar-refractivity contribution in [2.75, 3.05) is 0 Å². The maximum absolute atomic E-state index is 11.4. The monoisotopic (exact) mass is 221 g/mol. The average molecular weight is 222 g/mol. The zero-order chi connectivity index (χ0) is 10.8. The number of nitrogens with zero attached hydrogens (tertiary/aromatic N) is 1. The Hall–Kier alpha value is -1.28. The largest absolute Gasteiger partial charge is 0.339 e. The van der Waals surface area contributed by atoms with Crippen LogP contribution in [0.3, 0.4) is 0 Å². The molecule has 1 aromatic carbocycles. The van der Waals surface area contributed by atoms with Crippen LogP contribution in [-0.2, 0) is 11.3 Å². The molecule has 2 nitrogen and oxygen atoms in total. The number of ketones is 1. The Morgan fingerprint density at radius 3 is 2.87 bits per heavy atom. The van der Waals surface area contributed by atoms with Crippen LogP contribution < -0.4 is 0 Å². The van der Waals surface area contributed by atoms with Crippen molar-refractivity contribution in [2.45, 2.75) is 19.9 Å². The Bertz CT molecular complexity index is 501. The summed E-state index contributed by atoms with van der Waals surface area (Å²) in [6, 6.07) is 7.83. The van der Waals surface area contributed by atoms with Crippen LogP contribution in [-0.4, -0.2) is 10.4 Å². The van der Waals surface area contributed by atoms with Gasteiger partial charge < -0.3 is 4.57 Å². The highest BCUT2D eigenvalue weighted by molar-refractivity contribution is 6.35. The highest BCUT2D eigenvalue weighted by atomic mass is 35.5. The predicted octanol–water partition coefficient (Wildman–Crippen LogP) is 3.27. The van der Waals surface area contributed by atoms with Crippen LogP contribution in [0.5, 0.6) is 0 Å². The van der Waals surface area contributed by atoms with Crippen molar-refractivity contribution in [1.29, 1.82) is 0 Å². The molecule has 0 saturated carbocycles. The average Bonchev–Trinajstić information content (AvgIpc) is 2.57. The van der Waals surface area contributed by atoms with Crippen molar-refractivity contribution in [3.05, 3.63) is 35.5 Å². The molecule has 2 rings (SSSR count). The van der Waals surface area contributed by atoms with E-state index in [0.717, 1.165) is 10.9 Å². The molecule has 0 spiro atoms.